The highest BCUT2D eigenvalue weighted by molar-refractivity contribution is 6.32. The lowest BCUT2D eigenvalue weighted by Gasteiger charge is -2.30. The zero-order chi connectivity index (χ0) is 14.9. The molecule has 1 aromatic carbocycles. The van der Waals surface area contributed by atoms with Gasteiger partial charge >= 0.3 is 0 Å². The second kappa shape index (κ2) is 9.29. The molecule has 0 aliphatic carbocycles. The Morgan fingerprint density at radius 3 is 2.86 bits per heavy atom. The Balaban J connectivity index is 1.75. The van der Waals surface area contributed by atoms with Crippen LogP contribution in [-0.4, -0.2) is 43.7 Å². The lowest BCUT2D eigenvalue weighted by Crippen LogP contribution is -2.45. The van der Waals surface area contributed by atoms with E-state index in [-0.39, 0.29) is 0 Å². The first-order valence-corrected chi connectivity index (χ1v) is 8.50. The van der Waals surface area contributed by atoms with Gasteiger partial charge in [0.25, 0.3) is 0 Å². The molecule has 0 radical (unpaired) electrons. The summed E-state index contributed by atoms with van der Waals surface area (Å²) in [6.07, 6.45) is 5.15. The van der Waals surface area contributed by atoms with Crippen LogP contribution in [0, 0.1) is 0 Å². The van der Waals surface area contributed by atoms with Crippen LogP contribution in [0.1, 0.15) is 32.6 Å². The first-order valence-electron chi connectivity index (χ1n) is 8.12. The second-order valence-electron chi connectivity index (χ2n) is 5.73. The van der Waals surface area contributed by atoms with Gasteiger partial charge in [-0.1, -0.05) is 37.1 Å². The largest absolute Gasteiger partial charge is 0.491 e. The summed E-state index contributed by atoms with van der Waals surface area (Å²) >= 11 is 6.11. The highest BCUT2D eigenvalue weighted by Gasteiger charge is 2.16. The normalized spacial score (nSPS) is 18.9. The van der Waals surface area contributed by atoms with Crippen molar-refractivity contribution in [1.82, 2.24) is 10.2 Å². The van der Waals surface area contributed by atoms with Crippen molar-refractivity contribution in [2.45, 2.75) is 38.6 Å². The second-order valence-corrected chi connectivity index (χ2v) is 6.13. The molecule has 1 unspecified atom stereocenters. The van der Waals surface area contributed by atoms with Crippen LogP contribution in [0.5, 0.6) is 5.75 Å². The van der Waals surface area contributed by atoms with Gasteiger partial charge in [0.2, 0.25) is 0 Å². The third-order valence-electron chi connectivity index (χ3n) is 3.93. The van der Waals surface area contributed by atoms with Gasteiger partial charge in [0.1, 0.15) is 12.4 Å². The van der Waals surface area contributed by atoms with E-state index in [4.69, 9.17) is 16.3 Å². The van der Waals surface area contributed by atoms with Gasteiger partial charge in [-0.15, -0.1) is 0 Å². The highest BCUT2D eigenvalue weighted by atomic mass is 35.5. The van der Waals surface area contributed by atoms with Crippen LogP contribution in [0.3, 0.4) is 0 Å². The van der Waals surface area contributed by atoms with Crippen LogP contribution in [0.4, 0.5) is 0 Å². The summed E-state index contributed by atoms with van der Waals surface area (Å²) in [5.41, 5.74) is 0. The highest BCUT2D eigenvalue weighted by Crippen LogP contribution is 2.22. The Hall–Kier alpha value is -0.770. The van der Waals surface area contributed by atoms with Gasteiger partial charge in [-0.05, 0) is 44.5 Å². The molecule has 21 heavy (non-hydrogen) atoms. The topological polar surface area (TPSA) is 24.5 Å². The van der Waals surface area contributed by atoms with Crippen molar-refractivity contribution in [1.29, 1.82) is 0 Å². The van der Waals surface area contributed by atoms with Crippen molar-refractivity contribution in [3.63, 3.8) is 0 Å². The number of rotatable bonds is 8. The minimum atomic E-state index is 0.644. The van der Waals surface area contributed by atoms with E-state index in [0.717, 1.165) is 25.4 Å². The Morgan fingerprint density at radius 2 is 2.14 bits per heavy atom. The maximum Gasteiger partial charge on any atom is 0.137 e. The minimum absolute atomic E-state index is 0.644. The smallest absolute Gasteiger partial charge is 0.137 e. The summed E-state index contributed by atoms with van der Waals surface area (Å²) in [5.74, 6) is 0.784. The van der Waals surface area contributed by atoms with Crippen LogP contribution in [0.15, 0.2) is 24.3 Å². The number of nitrogens with zero attached hydrogens (tertiary/aromatic N) is 1. The summed E-state index contributed by atoms with van der Waals surface area (Å²) < 4.78 is 5.81. The van der Waals surface area contributed by atoms with Crippen molar-refractivity contribution in [3.05, 3.63) is 29.3 Å². The van der Waals surface area contributed by atoms with E-state index in [1.807, 2.05) is 24.3 Å². The van der Waals surface area contributed by atoms with Crippen molar-refractivity contribution < 1.29 is 4.74 Å². The van der Waals surface area contributed by atoms with E-state index in [0.29, 0.717) is 17.7 Å². The molecule has 1 atom stereocenters. The van der Waals surface area contributed by atoms with Gasteiger partial charge in [-0.3, -0.25) is 4.90 Å². The first-order chi connectivity index (χ1) is 10.3. The Bertz CT molecular complexity index is 408. The molecule has 1 aliphatic heterocycles. The minimum Gasteiger partial charge on any atom is -0.491 e. The molecule has 0 amide bonds. The average Bonchev–Trinajstić information content (AvgIpc) is 2.50. The summed E-state index contributed by atoms with van der Waals surface area (Å²) in [5, 5.41) is 4.31. The average molecular weight is 311 g/mol. The molecule has 1 heterocycles. The number of ether oxygens (including phenoxy) is 1. The van der Waals surface area contributed by atoms with Crippen LogP contribution in [-0.2, 0) is 0 Å². The molecule has 3 nitrogen and oxygen atoms in total. The number of piperidine rings is 1. The third-order valence-corrected chi connectivity index (χ3v) is 4.24. The fraction of sp³-hybridized carbons (Fsp3) is 0.647. The van der Waals surface area contributed by atoms with Gasteiger partial charge in [-0.25, -0.2) is 0 Å². The Morgan fingerprint density at radius 1 is 1.29 bits per heavy atom. The monoisotopic (exact) mass is 310 g/mol. The van der Waals surface area contributed by atoms with E-state index in [2.05, 4.69) is 17.1 Å². The third kappa shape index (κ3) is 5.85. The number of para-hydroxylation sites is 1. The first kappa shape index (κ1) is 16.6. The van der Waals surface area contributed by atoms with E-state index in [1.165, 1.54) is 32.2 Å². The summed E-state index contributed by atoms with van der Waals surface area (Å²) in [6.45, 7) is 7.30. The number of hydrogen-bond donors (Lipinski definition) is 1. The predicted octanol–water partition coefficient (Wildman–Crippen LogP) is 3.57. The molecule has 0 spiro atoms. The van der Waals surface area contributed by atoms with Gasteiger partial charge in [0.15, 0.2) is 0 Å². The van der Waals surface area contributed by atoms with Gasteiger partial charge in [0.05, 0.1) is 5.02 Å². The Kier molecular flexibility index (Phi) is 7.34. The van der Waals surface area contributed by atoms with E-state index in [9.17, 15) is 0 Å². The van der Waals surface area contributed by atoms with Gasteiger partial charge < -0.3 is 10.1 Å². The fourth-order valence-electron chi connectivity index (χ4n) is 2.85. The molecule has 2 rings (SSSR count). The van der Waals surface area contributed by atoms with Gasteiger partial charge in [0, 0.05) is 19.1 Å². The molecule has 1 aliphatic rings. The molecular formula is C17H27ClN2O. The van der Waals surface area contributed by atoms with Crippen molar-refractivity contribution in [3.8, 4) is 5.75 Å². The van der Waals surface area contributed by atoms with Crippen molar-refractivity contribution in [2.75, 3.05) is 32.8 Å². The maximum absolute atomic E-state index is 6.11. The fourth-order valence-corrected chi connectivity index (χ4v) is 3.04. The maximum atomic E-state index is 6.11. The SMILES string of the molecule is CCCN(CCOc1ccccc1Cl)CC1CCCCN1. The lowest BCUT2D eigenvalue weighted by molar-refractivity contribution is 0.184. The van der Waals surface area contributed by atoms with Crippen LogP contribution >= 0.6 is 11.6 Å². The molecule has 0 saturated carbocycles. The van der Waals surface area contributed by atoms with E-state index in [1.54, 1.807) is 0 Å². The molecule has 118 valence electrons. The standard InChI is InChI=1S/C17H27ClN2O/c1-2-11-20(14-15-7-5-6-10-19-15)12-13-21-17-9-4-3-8-16(17)18/h3-4,8-9,15,19H,2,5-7,10-14H2,1H3. The molecule has 1 saturated heterocycles. The molecule has 0 aromatic heterocycles. The van der Waals surface area contributed by atoms with E-state index >= 15 is 0 Å². The zero-order valence-electron chi connectivity index (χ0n) is 13.0. The molecular weight excluding hydrogens is 284 g/mol. The van der Waals surface area contributed by atoms with Gasteiger partial charge in [-0.2, -0.15) is 0 Å². The van der Waals surface area contributed by atoms with Crippen LogP contribution in [0.25, 0.3) is 0 Å². The number of halogens is 1. The summed E-state index contributed by atoms with van der Waals surface area (Å²) in [7, 11) is 0. The van der Waals surface area contributed by atoms with Crippen molar-refractivity contribution in [2.24, 2.45) is 0 Å². The lowest BCUT2D eigenvalue weighted by atomic mass is 10.0. The predicted molar refractivity (Wildman–Crippen MR) is 89.3 cm³/mol. The zero-order valence-corrected chi connectivity index (χ0v) is 13.7. The number of nitrogens with one attached hydrogen (secondary N) is 1. The number of hydrogen-bond acceptors (Lipinski definition) is 3. The Labute approximate surface area is 133 Å². The van der Waals surface area contributed by atoms with Crippen molar-refractivity contribution >= 4 is 11.6 Å². The summed E-state index contributed by atoms with van der Waals surface area (Å²) in [6, 6.07) is 8.32. The molecule has 1 N–H and O–H groups in total. The molecule has 4 heteroatoms. The molecule has 1 fully saturated rings. The van der Waals surface area contributed by atoms with E-state index < -0.39 is 0 Å². The molecule has 1 aromatic rings. The van der Waals surface area contributed by atoms with Crippen LogP contribution < -0.4 is 10.1 Å². The number of benzene rings is 1. The van der Waals surface area contributed by atoms with Crippen LogP contribution in [0.2, 0.25) is 5.02 Å². The quantitative estimate of drug-likeness (QED) is 0.794. The summed E-state index contributed by atoms with van der Waals surface area (Å²) in [4.78, 5) is 2.50. The molecule has 0 bridgehead atoms.